The van der Waals surface area contributed by atoms with E-state index in [0.717, 1.165) is 25.7 Å². The van der Waals surface area contributed by atoms with Crippen molar-refractivity contribution in [3.05, 3.63) is 0 Å². The van der Waals surface area contributed by atoms with E-state index in [4.69, 9.17) is 15.9 Å². The number of likely N-dealkylation sites (N-methyl/N-ethyl adjacent to an activating group) is 1. The monoisotopic (exact) mass is 269 g/mol. The Morgan fingerprint density at radius 2 is 1.89 bits per heavy atom. The third-order valence-electron chi connectivity index (χ3n) is 2.50. The Morgan fingerprint density at radius 3 is 2.47 bits per heavy atom. The number of terminal acetylenes is 1. The third kappa shape index (κ3) is 8.95. The highest BCUT2D eigenvalue weighted by atomic mass is 16.6. The first-order chi connectivity index (χ1) is 9.15. The minimum atomic E-state index is -0.594. The summed E-state index contributed by atoms with van der Waals surface area (Å²) in [6.45, 7) is 4.44. The van der Waals surface area contributed by atoms with Crippen molar-refractivity contribution in [2.45, 2.75) is 39.5 Å². The second-order valence-electron chi connectivity index (χ2n) is 4.05. The Bertz CT molecular complexity index is 309. The predicted molar refractivity (Wildman–Crippen MR) is 72.5 cm³/mol. The number of hydrogen-bond acceptors (Lipinski definition) is 4. The van der Waals surface area contributed by atoms with Crippen LogP contribution in [0.3, 0.4) is 0 Å². The van der Waals surface area contributed by atoms with E-state index < -0.39 is 12.1 Å². The molecule has 1 amide bonds. The topological polar surface area (TPSA) is 55.8 Å². The molecule has 0 spiro atoms. The average Bonchev–Trinajstić information content (AvgIpc) is 2.41. The van der Waals surface area contributed by atoms with Gasteiger partial charge in [-0.05, 0) is 13.3 Å². The zero-order chi connectivity index (χ0) is 14.5. The first-order valence-corrected chi connectivity index (χ1v) is 6.66. The molecule has 0 bridgehead atoms. The molecule has 0 N–H and O–H groups in total. The standard InChI is InChI=1S/C14H23NO4/c1-4-7-8-9-11-18-13(16)12-15(6-3)14(17)19-10-5-2/h2H,4,6-12H2,1,3H3. The second kappa shape index (κ2) is 11.4. The van der Waals surface area contributed by atoms with Gasteiger partial charge in [-0.3, -0.25) is 9.69 Å². The van der Waals surface area contributed by atoms with Crippen LogP contribution in [-0.4, -0.2) is 43.3 Å². The van der Waals surface area contributed by atoms with Crippen molar-refractivity contribution in [2.24, 2.45) is 0 Å². The van der Waals surface area contributed by atoms with E-state index >= 15 is 0 Å². The molecule has 0 radical (unpaired) electrons. The number of carbonyl (C=O) groups is 2. The molecule has 0 aliphatic heterocycles. The molecule has 0 unspecified atom stereocenters. The highest BCUT2D eigenvalue weighted by molar-refractivity contribution is 5.78. The summed E-state index contributed by atoms with van der Waals surface area (Å²) >= 11 is 0. The maximum atomic E-state index is 11.5. The lowest BCUT2D eigenvalue weighted by Gasteiger charge is -2.18. The van der Waals surface area contributed by atoms with E-state index in [2.05, 4.69) is 12.8 Å². The quantitative estimate of drug-likeness (QED) is 0.366. The number of amides is 1. The van der Waals surface area contributed by atoms with E-state index in [0.29, 0.717) is 13.2 Å². The van der Waals surface area contributed by atoms with E-state index in [1.54, 1.807) is 6.92 Å². The van der Waals surface area contributed by atoms with Crippen LogP contribution < -0.4 is 0 Å². The van der Waals surface area contributed by atoms with Crippen LogP contribution in [0.5, 0.6) is 0 Å². The number of hydrogen-bond donors (Lipinski definition) is 0. The molecule has 0 aliphatic rings. The minimum Gasteiger partial charge on any atom is -0.464 e. The lowest BCUT2D eigenvalue weighted by Crippen LogP contribution is -2.36. The average molecular weight is 269 g/mol. The Hall–Kier alpha value is -1.70. The zero-order valence-electron chi connectivity index (χ0n) is 11.8. The number of esters is 1. The lowest BCUT2D eigenvalue weighted by atomic mass is 10.2. The SMILES string of the molecule is C#CCOC(=O)N(CC)CC(=O)OCCCCCC. The fourth-order valence-electron chi connectivity index (χ4n) is 1.42. The minimum absolute atomic E-state index is 0.0958. The van der Waals surface area contributed by atoms with Crippen LogP contribution in [0, 0.1) is 12.3 Å². The van der Waals surface area contributed by atoms with Gasteiger partial charge in [-0.25, -0.2) is 4.79 Å². The van der Waals surface area contributed by atoms with Crippen LogP contribution in [-0.2, 0) is 14.3 Å². The van der Waals surface area contributed by atoms with Gasteiger partial charge in [-0.1, -0.05) is 32.1 Å². The van der Waals surface area contributed by atoms with Crippen LogP contribution in [0.1, 0.15) is 39.5 Å². The summed E-state index contributed by atoms with van der Waals surface area (Å²) in [6, 6.07) is 0. The summed E-state index contributed by atoms with van der Waals surface area (Å²) in [6.07, 6.45) is 8.57. The molecule has 0 aliphatic carbocycles. The van der Waals surface area contributed by atoms with Crippen molar-refractivity contribution in [2.75, 3.05) is 26.3 Å². The molecule has 0 aromatic carbocycles. The Morgan fingerprint density at radius 1 is 1.16 bits per heavy atom. The van der Waals surface area contributed by atoms with Crippen LogP contribution >= 0.6 is 0 Å². The molecule has 5 nitrogen and oxygen atoms in total. The third-order valence-corrected chi connectivity index (χ3v) is 2.50. The van der Waals surface area contributed by atoms with E-state index in [-0.39, 0.29) is 13.2 Å². The zero-order valence-corrected chi connectivity index (χ0v) is 11.8. The molecular weight excluding hydrogens is 246 g/mol. The van der Waals surface area contributed by atoms with Crippen molar-refractivity contribution in [3.8, 4) is 12.3 Å². The molecule has 0 rings (SSSR count). The fourth-order valence-corrected chi connectivity index (χ4v) is 1.42. The van der Waals surface area contributed by atoms with Crippen molar-refractivity contribution in [3.63, 3.8) is 0 Å². The summed E-state index contributed by atoms with van der Waals surface area (Å²) in [7, 11) is 0. The maximum absolute atomic E-state index is 11.5. The van der Waals surface area contributed by atoms with Gasteiger partial charge >= 0.3 is 12.1 Å². The van der Waals surface area contributed by atoms with E-state index in [9.17, 15) is 9.59 Å². The van der Waals surface area contributed by atoms with Crippen molar-refractivity contribution in [1.82, 2.24) is 4.90 Å². The van der Waals surface area contributed by atoms with Gasteiger partial charge in [0, 0.05) is 6.54 Å². The Labute approximate surface area is 115 Å². The number of unbranched alkanes of at least 4 members (excludes halogenated alkanes) is 3. The van der Waals surface area contributed by atoms with Gasteiger partial charge in [0.05, 0.1) is 6.61 Å². The Balaban J connectivity index is 3.87. The second-order valence-corrected chi connectivity index (χ2v) is 4.05. The number of ether oxygens (including phenoxy) is 2. The van der Waals surface area contributed by atoms with Crippen molar-refractivity contribution in [1.29, 1.82) is 0 Å². The summed E-state index contributed by atoms with van der Waals surface area (Å²) in [5.74, 6) is 1.78. The molecule has 19 heavy (non-hydrogen) atoms. The number of carbonyl (C=O) groups excluding carboxylic acids is 2. The largest absolute Gasteiger partial charge is 0.464 e. The maximum Gasteiger partial charge on any atom is 0.411 e. The molecule has 0 fully saturated rings. The molecule has 0 aromatic rings. The van der Waals surface area contributed by atoms with Gasteiger partial charge in [0.25, 0.3) is 0 Å². The lowest BCUT2D eigenvalue weighted by molar-refractivity contribution is -0.144. The van der Waals surface area contributed by atoms with Crippen LogP contribution in [0.4, 0.5) is 4.79 Å². The molecule has 0 atom stereocenters. The van der Waals surface area contributed by atoms with Crippen LogP contribution in [0.25, 0.3) is 0 Å². The van der Waals surface area contributed by atoms with Gasteiger partial charge < -0.3 is 9.47 Å². The first-order valence-electron chi connectivity index (χ1n) is 6.66. The van der Waals surface area contributed by atoms with E-state index in [1.807, 2.05) is 0 Å². The van der Waals surface area contributed by atoms with Crippen LogP contribution in [0.2, 0.25) is 0 Å². The first kappa shape index (κ1) is 17.3. The number of rotatable bonds is 9. The molecule has 108 valence electrons. The number of nitrogens with zero attached hydrogens (tertiary/aromatic N) is 1. The van der Waals surface area contributed by atoms with Gasteiger partial charge in [-0.2, -0.15) is 0 Å². The van der Waals surface area contributed by atoms with Gasteiger partial charge in [0.2, 0.25) is 0 Å². The highest BCUT2D eigenvalue weighted by Gasteiger charge is 2.17. The molecular formula is C14H23NO4. The summed E-state index contributed by atoms with van der Waals surface area (Å²) < 4.78 is 9.79. The van der Waals surface area contributed by atoms with Crippen molar-refractivity contribution < 1.29 is 19.1 Å². The van der Waals surface area contributed by atoms with Gasteiger partial charge in [0.1, 0.15) is 6.54 Å². The molecule has 0 saturated heterocycles. The molecule has 0 heterocycles. The summed E-state index contributed by atoms with van der Waals surface area (Å²) in [4.78, 5) is 24.3. The Kier molecular flexibility index (Phi) is 10.4. The molecule has 5 heteroatoms. The van der Waals surface area contributed by atoms with Gasteiger partial charge in [0.15, 0.2) is 6.61 Å². The smallest absolute Gasteiger partial charge is 0.411 e. The predicted octanol–water partition coefficient (Wildman–Crippen LogP) is 2.20. The van der Waals surface area contributed by atoms with Crippen LogP contribution in [0.15, 0.2) is 0 Å². The van der Waals surface area contributed by atoms with Crippen molar-refractivity contribution >= 4 is 12.1 Å². The normalized spacial score (nSPS) is 9.53. The summed E-state index contributed by atoms with van der Waals surface area (Å²) in [5, 5.41) is 0. The molecule has 0 saturated carbocycles. The summed E-state index contributed by atoms with van der Waals surface area (Å²) in [5.41, 5.74) is 0. The highest BCUT2D eigenvalue weighted by Crippen LogP contribution is 2.00. The van der Waals surface area contributed by atoms with E-state index in [1.165, 1.54) is 4.90 Å². The van der Waals surface area contributed by atoms with Gasteiger partial charge in [-0.15, -0.1) is 6.42 Å². The molecule has 0 aromatic heterocycles. The fraction of sp³-hybridized carbons (Fsp3) is 0.714.